The Balaban J connectivity index is 1.29. The van der Waals surface area contributed by atoms with Gasteiger partial charge in [-0.2, -0.15) is 0 Å². The fourth-order valence-electron chi connectivity index (χ4n) is 4.69. The van der Waals surface area contributed by atoms with Crippen molar-refractivity contribution in [2.75, 3.05) is 84.2 Å². The lowest BCUT2D eigenvalue weighted by Crippen LogP contribution is -2.37. The molecule has 3 heterocycles. The second kappa shape index (κ2) is 14.0. The molecule has 0 bridgehead atoms. The number of ether oxygens (including phenoxy) is 4. The van der Waals surface area contributed by atoms with Gasteiger partial charge in [-0.05, 0) is 37.1 Å². The van der Waals surface area contributed by atoms with E-state index in [0.29, 0.717) is 41.7 Å². The van der Waals surface area contributed by atoms with Crippen molar-refractivity contribution in [3.05, 3.63) is 47.5 Å². The summed E-state index contributed by atoms with van der Waals surface area (Å²) in [4.78, 5) is 13.7. The van der Waals surface area contributed by atoms with E-state index in [4.69, 9.17) is 30.5 Å². The van der Waals surface area contributed by atoms with Gasteiger partial charge in [-0.1, -0.05) is 11.6 Å². The third-order valence-electron chi connectivity index (χ3n) is 6.84. The fourth-order valence-corrected chi connectivity index (χ4v) is 4.87. The predicted octanol–water partition coefficient (Wildman–Crippen LogP) is 4.37. The number of anilines is 2. The van der Waals surface area contributed by atoms with Gasteiger partial charge in [-0.3, -0.25) is 9.80 Å². The first kappa shape index (κ1) is 27.8. The van der Waals surface area contributed by atoms with Crippen LogP contribution in [0.1, 0.15) is 12.8 Å². The van der Waals surface area contributed by atoms with Gasteiger partial charge in [-0.25, -0.2) is 14.4 Å². The van der Waals surface area contributed by atoms with Crippen LogP contribution in [-0.4, -0.2) is 98.7 Å². The van der Waals surface area contributed by atoms with Crippen molar-refractivity contribution in [3.63, 3.8) is 0 Å². The molecule has 0 amide bonds. The van der Waals surface area contributed by atoms with Crippen LogP contribution >= 0.6 is 11.6 Å². The van der Waals surface area contributed by atoms with Crippen molar-refractivity contribution in [1.82, 2.24) is 19.8 Å². The van der Waals surface area contributed by atoms with Gasteiger partial charge >= 0.3 is 0 Å². The molecule has 0 radical (unpaired) electrons. The van der Waals surface area contributed by atoms with E-state index in [1.807, 2.05) is 12.1 Å². The maximum absolute atomic E-state index is 13.7. The van der Waals surface area contributed by atoms with Gasteiger partial charge in [0.05, 0.1) is 50.2 Å². The molecule has 1 N–H and O–H groups in total. The zero-order chi connectivity index (χ0) is 26.9. The minimum absolute atomic E-state index is 0.0374. The van der Waals surface area contributed by atoms with Crippen LogP contribution in [0, 0.1) is 5.82 Å². The van der Waals surface area contributed by atoms with Crippen molar-refractivity contribution in [1.29, 1.82) is 0 Å². The number of hydrogen-bond donors (Lipinski definition) is 1. The molecule has 2 aliphatic rings. The highest BCUT2D eigenvalue weighted by Crippen LogP contribution is 2.35. The molecule has 0 spiro atoms. The highest BCUT2D eigenvalue weighted by Gasteiger charge is 2.15. The highest BCUT2D eigenvalue weighted by molar-refractivity contribution is 6.31. The normalized spacial score (nSPS) is 16.9. The van der Waals surface area contributed by atoms with Gasteiger partial charge in [-0.15, -0.1) is 0 Å². The summed E-state index contributed by atoms with van der Waals surface area (Å²) in [6.45, 7) is 9.99. The van der Waals surface area contributed by atoms with E-state index < -0.39 is 5.82 Å². The van der Waals surface area contributed by atoms with Gasteiger partial charge in [0.1, 0.15) is 18.0 Å². The van der Waals surface area contributed by atoms with Crippen LogP contribution in [0.5, 0.6) is 11.5 Å². The number of rotatable bonds is 12. The highest BCUT2D eigenvalue weighted by atomic mass is 35.5. The minimum Gasteiger partial charge on any atom is -0.490 e. The van der Waals surface area contributed by atoms with E-state index in [9.17, 15) is 4.39 Å². The summed E-state index contributed by atoms with van der Waals surface area (Å²) < 4.78 is 37.0. The Hall–Kier alpha value is -2.76. The maximum Gasteiger partial charge on any atom is 0.163 e. The van der Waals surface area contributed by atoms with Crippen molar-refractivity contribution in [3.8, 4) is 11.5 Å². The van der Waals surface area contributed by atoms with Crippen LogP contribution in [0.2, 0.25) is 5.02 Å². The Morgan fingerprint density at radius 3 is 2.08 bits per heavy atom. The van der Waals surface area contributed by atoms with Gasteiger partial charge in [0, 0.05) is 56.4 Å². The molecule has 2 fully saturated rings. The Bertz CT molecular complexity index is 1220. The fraction of sp³-hybridized carbons (Fsp3) is 0.500. The number of fused-ring (bicyclic) bond motifs is 1. The summed E-state index contributed by atoms with van der Waals surface area (Å²) in [6.07, 6.45) is 3.27. The summed E-state index contributed by atoms with van der Waals surface area (Å²) in [5.41, 5.74) is 1.34. The summed E-state index contributed by atoms with van der Waals surface area (Å²) >= 11 is 5.98. The van der Waals surface area contributed by atoms with Gasteiger partial charge in [0.2, 0.25) is 0 Å². The number of hydrogen-bond acceptors (Lipinski definition) is 9. The molecule has 210 valence electrons. The molecular weight excluding hydrogens is 525 g/mol. The lowest BCUT2D eigenvalue weighted by molar-refractivity contribution is 0.0353. The smallest absolute Gasteiger partial charge is 0.163 e. The lowest BCUT2D eigenvalue weighted by Gasteiger charge is -2.26. The molecule has 0 unspecified atom stereocenters. The average molecular weight is 560 g/mol. The van der Waals surface area contributed by atoms with E-state index >= 15 is 0 Å². The molecule has 5 rings (SSSR count). The Kier molecular flexibility index (Phi) is 10.0. The third-order valence-corrected chi connectivity index (χ3v) is 7.13. The lowest BCUT2D eigenvalue weighted by atomic mass is 10.2. The van der Waals surface area contributed by atoms with Crippen LogP contribution in [0.4, 0.5) is 15.9 Å². The first-order chi connectivity index (χ1) is 19.2. The number of benzene rings is 2. The van der Waals surface area contributed by atoms with Crippen LogP contribution in [0.15, 0.2) is 36.7 Å². The maximum atomic E-state index is 13.7. The van der Waals surface area contributed by atoms with Crippen LogP contribution < -0.4 is 14.8 Å². The van der Waals surface area contributed by atoms with Crippen molar-refractivity contribution < 1.29 is 23.3 Å². The standard InChI is InChI=1S/C28H35ClFN5O4/c29-23-17-21(3-4-24(23)30)33-28-22-18-26(38-11-1-5-34-7-13-36-14-8-34)27(19-25(22)31-20-32-28)39-12-2-6-35-9-15-37-16-10-35/h3-4,17-20H,1-2,5-16H2,(H,31,32,33). The van der Waals surface area contributed by atoms with E-state index in [-0.39, 0.29) is 5.02 Å². The van der Waals surface area contributed by atoms with Gasteiger partial charge in [0.15, 0.2) is 11.5 Å². The molecule has 9 nitrogen and oxygen atoms in total. The Morgan fingerprint density at radius 1 is 0.846 bits per heavy atom. The molecule has 0 saturated carbocycles. The van der Waals surface area contributed by atoms with Crippen LogP contribution in [0.3, 0.4) is 0 Å². The molecule has 0 aliphatic carbocycles. The zero-order valence-electron chi connectivity index (χ0n) is 22.0. The monoisotopic (exact) mass is 559 g/mol. The summed E-state index contributed by atoms with van der Waals surface area (Å²) in [5.74, 6) is 1.40. The van der Waals surface area contributed by atoms with Crippen molar-refractivity contribution in [2.24, 2.45) is 0 Å². The van der Waals surface area contributed by atoms with E-state index in [0.717, 1.165) is 83.9 Å². The molecule has 39 heavy (non-hydrogen) atoms. The summed E-state index contributed by atoms with van der Waals surface area (Å²) in [5, 5.41) is 4.03. The second-order valence-corrected chi connectivity index (χ2v) is 10.0. The van der Waals surface area contributed by atoms with E-state index in [1.54, 1.807) is 6.07 Å². The van der Waals surface area contributed by atoms with Crippen LogP contribution in [0.25, 0.3) is 10.9 Å². The molecule has 2 aliphatic heterocycles. The molecule has 0 atom stereocenters. The average Bonchev–Trinajstić information content (AvgIpc) is 2.97. The Morgan fingerprint density at radius 2 is 1.46 bits per heavy atom. The van der Waals surface area contributed by atoms with Crippen molar-refractivity contribution in [2.45, 2.75) is 12.8 Å². The predicted molar refractivity (Wildman–Crippen MR) is 149 cm³/mol. The second-order valence-electron chi connectivity index (χ2n) is 9.60. The molecule has 1 aromatic heterocycles. The first-order valence-electron chi connectivity index (χ1n) is 13.5. The van der Waals surface area contributed by atoms with Crippen LogP contribution in [-0.2, 0) is 9.47 Å². The third kappa shape index (κ3) is 7.89. The van der Waals surface area contributed by atoms with E-state index in [2.05, 4.69) is 25.1 Å². The number of halogens is 2. The van der Waals surface area contributed by atoms with Gasteiger partial charge in [0.25, 0.3) is 0 Å². The molecule has 11 heteroatoms. The minimum atomic E-state index is -0.474. The number of nitrogens with one attached hydrogen (secondary N) is 1. The topological polar surface area (TPSA) is 81.2 Å². The Labute approximate surface area is 233 Å². The molecule has 3 aromatic rings. The zero-order valence-corrected chi connectivity index (χ0v) is 22.8. The number of morpholine rings is 2. The molecular formula is C28H35ClFN5O4. The van der Waals surface area contributed by atoms with E-state index in [1.165, 1.54) is 18.5 Å². The van der Waals surface area contributed by atoms with Crippen molar-refractivity contribution >= 4 is 34.0 Å². The summed E-state index contributed by atoms with van der Waals surface area (Å²) in [7, 11) is 0. The number of aromatic nitrogens is 2. The quantitative estimate of drug-likeness (QED) is 0.325. The summed E-state index contributed by atoms with van der Waals surface area (Å²) in [6, 6.07) is 8.27. The first-order valence-corrected chi connectivity index (χ1v) is 13.9. The van der Waals surface area contributed by atoms with Gasteiger partial charge < -0.3 is 24.3 Å². The largest absolute Gasteiger partial charge is 0.490 e. The SMILES string of the molecule is Fc1ccc(Nc2ncnc3cc(OCCCN4CCOCC4)c(OCCCN4CCOCC4)cc23)cc1Cl. The molecule has 2 saturated heterocycles. The molecule has 2 aromatic carbocycles. The number of nitrogens with zero attached hydrogens (tertiary/aromatic N) is 4.